The highest BCUT2D eigenvalue weighted by molar-refractivity contribution is 7.80. The number of hydrogen-bond acceptors (Lipinski definition) is 3. The summed E-state index contributed by atoms with van der Waals surface area (Å²) in [7, 11) is 1.66. The van der Waals surface area contributed by atoms with Crippen molar-refractivity contribution in [3.8, 4) is 0 Å². The first-order valence-corrected chi connectivity index (χ1v) is 5.68. The van der Waals surface area contributed by atoms with Crippen molar-refractivity contribution in [2.24, 2.45) is 5.73 Å². The Labute approximate surface area is 101 Å². The third-order valence-corrected chi connectivity index (χ3v) is 2.41. The number of aryl methyl sites for hydroxylation is 1. The van der Waals surface area contributed by atoms with Crippen molar-refractivity contribution in [3.05, 3.63) is 24.0 Å². The van der Waals surface area contributed by atoms with Gasteiger partial charge in [0.05, 0.1) is 18.9 Å². The van der Waals surface area contributed by atoms with Crippen molar-refractivity contribution in [3.63, 3.8) is 0 Å². The second-order valence-corrected chi connectivity index (χ2v) is 3.85. The van der Waals surface area contributed by atoms with Crippen molar-refractivity contribution < 1.29 is 9.47 Å². The number of nitrogens with two attached hydrogens (primary N) is 1. The van der Waals surface area contributed by atoms with Gasteiger partial charge in [0.2, 0.25) is 0 Å². The number of rotatable bonds is 8. The second-order valence-electron chi connectivity index (χ2n) is 3.41. The lowest BCUT2D eigenvalue weighted by atomic mass is 10.4. The zero-order chi connectivity index (χ0) is 11.8. The van der Waals surface area contributed by atoms with Crippen LogP contribution in [0.5, 0.6) is 0 Å². The highest BCUT2D eigenvalue weighted by Crippen LogP contribution is 2.03. The van der Waals surface area contributed by atoms with E-state index in [1.165, 1.54) is 0 Å². The lowest BCUT2D eigenvalue weighted by molar-refractivity contribution is 0.0680. The molecule has 4 nitrogen and oxygen atoms in total. The van der Waals surface area contributed by atoms with Crippen molar-refractivity contribution in [1.82, 2.24) is 4.57 Å². The Morgan fingerprint density at radius 1 is 1.44 bits per heavy atom. The molecule has 0 radical (unpaired) electrons. The molecule has 90 valence electrons. The summed E-state index contributed by atoms with van der Waals surface area (Å²) in [6.45, 7) is 2.87. The van der Waals surface area contributed by atoms with E-state index in [9.17, 15) is 0 Å². The highest BCUT2D eigenvalue weighted by Gasteiger charge is 2.02. The first-order chi connectivity index (χ1) is 7.75. The van der Waals surface area contributed by atoms with E-state index in [1.54, 1.807) is 7.11 Å². The Morgan fingerprint density at radius 2 is 2.25 bits per heavy atom. The van der Waals surface area contributed by atoms with Crippen molar-refractivity contribution in [1.29, 1.82) is 0 Å². The summed E-state index contributed by atoms with van der Waals surface area (Å²) in [5.41, 5.74) is 6.50. The van der Waals surface area contributed by atoms with Gasteiger partial charge in [-0.3, -0.25) is 0 Å². The van der Waals surface area contributed by atoms with Crippen LogP contribution in [-0.2, 0) is 16.0 Å². The lowest BCUT2D eigenvalue weighted by Gasteiger charge is -2.08. The zero-order valence-corrected chi connectivity index (χ0v) is 10.3. The Hall–Kier alpha value is -0.910. The fourth-order valence-electron chi connectivity index (χ4n) is 1.41. The summed E-state index contributed by atoms with van der Waals surface area (Å²) in [4.78, 5) is 0.435. The minimum atomic E-state index is 0.435. The predicted octanol–water partition coefficient (Wildman–Crippen LogP) is 1.18. The zero-order valence-electron chi connectivity index (χ0n) is 9.52. The second kappa shape index (κ2) is 7.38. The molecule has 0 unspecified atom stereocenters. The molecule has 0 saturated carbocycles. The molecule has 0 bridgehead atoms. The third-order valence-electron chi connectivity index (χ3n) is 2.20. The van der Waals surface area contributed by atoms with Gasteiger partial charge < -0.3 is 19.8 Å². The molecule has 1 aromatic heterocycles. The lowest BCUT2D eigenvalue weighted by Crippen LogP contribution is -2.16. The van der Waals surface area contributed by atoms with E-state index in [0.717, 1.165) is 25.3 Å². The van der Waals surface area contributed by atoms with E-state index < -0.39 is 0 Å². The number of nitrogens with zero attached hydrogens (tertiary/aromatic N) is 1. The number of hydrogen-bond donors (Lipinski definition) is 1. The number of aromatic nitrogens is 1. The van der Waals surface area contributed by atoms with Gasteiger partial charge in [0, 0.05) is 26.5 Å². The van der Waals surface area contributed by atoms with Crippen LogP contribution in [0, 0.1) is 0 Å². The molecule has 1 rings (SSSR count). The molecule has 16 heavy (non-hydrogen) atoms. The molecule has 1 heterocycles. The minimum Gasteiger partial charge on any atom is -0.388 e. The minimum absolute atomic E-state index is 0.435. The van der Waals surface area contributed by atoms with Gasteiger partial charge in [-0.15, -0.1) is 0 Å². The quantitative estimate of drug-likeness (QED) is 0.549. The molecule has 0 aliphatic carbocycles. The van der Waals surface area contributed by atoms with Gasteiger partial charge >= 0.3 is 0 Å². The van der Waals surface area contributed by atoms with Crippen LogP contribution in [0.25, 0.3) is 0 Å². The smallest absolute Gasteiger partial charge is 0.120 e. The van der Waals surface area contributed by atoms with Crippen LogP contribution in [0.1, 0.15) is 12.1 Å². The first-order valence-electron chi connectivity index (χ1n) is 5.27. The van der Waals surface area contributed by atoms with Gasteiger partial charge in [0.15, 0.2) is 0 Å². The van der Waals surface area contributed by atoms with Crippen molar-refractivity contribution >= 4 is 17.2 Å². The average molecular weight is 242 g/mol. The van der Waals surface area contributed by atoms with Crippen molar-refractivity contribution in [2.75, 3.05) is 26.9 Å². The average Bonchev–Trinajstić information content (AvgIpc) is 2.71. The Kier molecular flexibility index (Phi) is 6.07. The molecular formula is C11H18N2O2S. The summed E-state index contributed by atoms with van der Waals surface area (Å²) in [5, 5.41) is 0. The summed E-state index contributed by atoms with van der Waals surface area (Å²) >= 11 is 4.95. The molecule has 0 amide bonds. The summed E-state index contributed by atoms with van der Waals surface area (Å²) in [5.74, 6) is 0. The predicted molar refractivity (Wildman–Crippen MR) is 67.6 cm³/mol. The Balaban J connectivity index is 2.21. The molecule has 0 fully saturated rings. The number of ether oxygens (including phenoxy) is 2. The van der Waals surface area contributed by atoms with E-state index >= 15 is 0 Å². The van der Waals surface area contributed by atoms with Gasteiger partial charge in [-0.25, -0.2) is 0 Å². The monoisotopic (exact) mass is 242 g/mol. The third kappa shape index (κ3) is 4.30. The van der Waals surface area contributed by atoms with Crippen LogP contribution in [0.3, 0.4) is 0 Å². The Bertz CT molecular complexity index is 326. The van der Waals surface area contributed by atoms with Crippen LogP contribution >= 0.6 is 12.2 Å². The highest BCUT2D eigenvalue weighted by atomic mass is 32.1. The largest absolute Gasteiger partial charge is 0.388 e. The fraction of sp³-hybridized carbons (Fsp3) is 0.545. The maximum Gasteiger partial charge on any atom is 0.120 e. The number of methoxy groups -OCH3 is 1. The van der Waals surface area contributed by atoms with E-state index in [2.05, 4.69) is 0 Å². The molecule has 1 aromatic rings. The fourth-order valence-corrected chi connectivity index (χ4v) is 1.60. The molecular weight excluding hydrogens is 224 g/mol. The Morgan fingerprint density at radius 3 is 2.94 bits per heavy atom. The SMILES string of the molecule is COCCOCCCn1cccc1C(N)=S. The van der Waals surface area contributed by atoms with E-state index in [-0.39, 0.29) is 0 Å². The van der Waals surface area contributed by atoms with E-state index in [0.29, 0.717) is 18.2 Å². The van der Waals surface area contributed by atoms with Crippen LogP contribution in [-0.4, -0.2) is 36.5 Å². The molecule has 0 saturated heterocycles. The maximum absolute atomic E-state index is 5.59. The normalized spacial score (nSPS) is 10.6. The summed E-state index contributed by atoms with van der Waals surface area (Å²) in [6, 6.07) is 3.87. The van der Waals surface area contributed by atoms with Crippen molar-refractivity contribution in [2.45, 2.75) is 13.0 Å². The van der Waals surface area contributed by atoms with Gasteiger partial charge in [0.25, 0.3) is 0 Å². The van der Waals surface area contributed by atoms with Crippen LogP contribution in [0.2, 0.25) is 0 Å². The molecule has 0 aliphatic heterocycles. The summed E-state index contributed by atoms with van der Waals surface area (Å²) in [6.07, 6.45) is 2.91. The standard InChI is InChI=1S/C11H18N2O2S/c1-14-8-9-15-7-3-6-13-5-2-4-10(13)11(12)16/h2,4-5H,3,6-9H2,1H3,(H2,12,16). The molecule has 0 atom stereocenters. The summed E-state index contributed by atoms with van der Waals surface area (Å²) < 4.78 is 12.3. The van der Waals surface area contributed by atoms with Crippen LogP contribution in [0.15, 0.2) is 18.3 Å². The molecule has 5 heteroatoms. The molecule has 0 spiro atoms. The number of thiocarbonyl (C=S) groups is 1. The molecule has 0 aromatic carbocycles. The van der Waals surface area contributed by atoms with Gasteiger partial charge in [-0.05, 0) is 18.6 Å². The first kappa shape index (κ1) is 13.2. The van der Waals surface area contributed by atoms with E-state index in [1.807, 2.05) is 22.9 Å². The van der Waals surface area contributed by atoms with Gasteiger partial charge in [-0.2, -0.15) is 0 Å². The van der Waals surface area contributed by atoms with Crippen LogP contribution < -0.4 is 5.73 Å². The van der Waals surface area contributed by atoms with Crippen LogP contribution in [0.4, 0.5) is 0 Å². The van der Waals surface area contributed by atoms with E-state index in [4.69, 9.17) is 27.4 Å². The molecule has 0 aliphatic rings. The van der Waals surface area contributed by atoms with Gasteiger partial charge in [0.1, 0.15) is 4.99 Å². The maximum atomic E-state index is 5.59. The van der Waals surface area contributed by atoms with Gasteiger partial charge in [-0.1, -0.05) is 12.2 Å². The molecule has 2 N–H and O–H groups in total. The topological polar surface area (TPSA) is 49.4 Å².